The first-order valence-electron chi connectivity index (χ1n) is 4.76. The molecule has 0 fully saturated rings. The molecule has 0 aliphatic rings. The molecule has 0 bridgehead atoms. The molecule has 0 radical (unpaired) electrons. The predicted octanol–water partition coefficient (Wildman–Crippen LogP) is 1.32. The Bertz CT molecular complexity index is 675. The van der Waals surface area contributed by atoms with E-state index < -0.39 is 20.9 Å². The molecule has 0 aliphatic carbocycles. The summed E-state index contributed by atoms with van der Waals surface area (Å²) in [5, 5.41) is 2.62. The summed E-state index contributed by atoms with van der Waals surface area (Å²) in [6.07, 6.45) is 1.18. The van der Waals surface area contributed by atoms with Gasteiger partial charge >= 0.3 is 0 Å². The van der Waals surface area contributed by atoms with Crippen molar-refractivity contribution in [1.82, 2.24) is 10.1 Å². The molecule has 0 atom stereocenters. The third-order valence-electron chi connectivity index (χ3n) is 2.10. The number of hydrogen-bond donors (Lipinski definition) is 2. The Labute approximate surface area is 114 Å². The first-order valence-corrected chi connectivity index (χ1v) is 6.24. The number of nitrogens with two attached hydrogens (primary N) is 1. The monoisotopic (exact) mass is 308 g/mol. The van der Waals surface area contributed by atoms with Crippen LogP contribution < -0.4 is 10.5 Å². The Morgan fingerprint density at radius 1 is 1.47 bits per heavy atom. The van der Waals surface area contributed by atoms with Crippen LogP contribution in [0.5, 0.6) is 0 Å². The maximum atomic E-state index is 13.5. The number of hydrogen-bond acceptors (Lipinski definition) is 6. The highest BCUT2D eigenvalue weighted by Crippen LogP contribution is 2.19. The van der Waals surface area contributed by atoms with Crippen molar-refractivity contribution in [3.63, 3.8) is 0 Å². The van der Waals surface area contributed by atoms with Gasteiger partial charge in [0.15, 0.2) is 11.6 Å². The lowest BCUT2D eigenvalue weighted by atomic mass is 10.3. The number of sulfonamides is 1. The van der Waals surface area contributed by atoms with Gasteiger partial charge in [-0.15, -0.1) is 12.4 Å². The topological polar surface area (TPSA) is 111 Å². The van der Waals surface area contributed by atoms with E-state index in [-0.39, 0.29) is 29.6 Å². The van der Waals surface area contributed by atoms with E-state index in [1.54, 1.807) is 0 Å². The minimum absolute atomic E-state index is 0. The summed E-state index contributed by atoms with van der Waals surface area (Å²) in [5.41, 5.74) is 5.72. The molecule has 104 valence electrons. The van der Waals surface area contributed by atoms with Gasteiger partial charge in [0, 0.05) is 12.1 Å². The van der Waals surface area contributed by atoms with Gasteiger partial charge in [0.1, 0.15) is 6.26 Å². The number of aromatic nitrogens is 2. The Hall–Kier alpha value is -1.87. The number of nitrogens with zero attached hydrogens (tertiary/aromatic N) is 2. The number of halogens is 2. The van der Waals surface area contributed by atoms with E-state index in [1.807, 2.05) is 4.72 Å². The number of nitrogens with one attached hydrogen (secondary N) is 1. The third-order valence-corrected chi connectivity index (χ3v) is 3.38. The fraction of sp³-hybridized carbons (Fsp3) is 0.111. The number of nitrogen functional groups attached to an aromatic ring is 1. The largest absolute Gasteiger partial charge is 0.397 e. The van der Waals surface area contributed by atoms with Crippen LogP contribution in [0.25, 0.3) is 0 Å². The zero-order valence-electron chi connectivity index (χ0n) is 9.62. The molecule has 10 heteroatoms. The highest BCUT2D eigenvalue weighted by Gasteiger charge is 2.23. The summed E-state index contributed by atoms with van der Waals surface area (Å²) in [4.78, 5) is 3.62. The molecule has 0 spiro atoms. The quantitative estimate of drug-likeness (QED) is 0.884. The Morgan fingerprint density at radius 3 is 2.74 bits per heavy atom. The van der Waals surface area contributed by atoms with Crippen molar-refractivity contribution in [2.24, 2.45) is 0 Å². The van der Waals surface area contributed by atoms with Crippen molar-refractivity contribution in [3.05, 3.63) is 29.9 Å². The van der Waals surface area contributed by atoms with E-state index in [2.05, 4.69) is 14.7 Å². The predicted molar refractivity (Wildman–Crippen MR) is 67.9 cm³/mol. The summed E-state index contributed by atoms with van der Waals surface area (Å²) < 4.78 is 43.7. The lowest BCUT2D eigenvalue weighted by molar-refractivity contribution is 0.423. The Kier molecular flexibility index (Phi) is 4.32. The van der Waals surface area contributed by atoms with Crippen LogP contribution in [0.2, 0.25) is 0 Å². The maximum Gasteiger partial charge on any atom is 0.283 e. The maximum absolute atomic E-state index is 13.5. The number of anilines is 2. The molecule has 0 saturated heterocycles. The van der Waals surface area contributed by atoms with E-state index in [9.17, 15) is 12.8 Å². The Balaban J connectivity index is 0.00000180. The van der Waals surface area contributed by atoms with Crippen LogP contribution in [0.4, 0.5) is 15.9 Å². The van der Waals surface area contributed by atoms with Gasteiger partial charge < -0.3 is 10.3 Å². The molecule has 2 rings (SSSR count). The standard InChI is InChI=1S/C9H9FN4O3S.ClH/c1-5-7(11)4-6(10)9(12-5)18(15,16)14-8-2-3-17-13-8;/h2-4H,11H2,1H3,(H,13,14);1H. The minimum Gasteiger partial charge on any atom is -0.397 e. The minimum atomic E-state index is -4.17. The molecular formula is C9H10ClFN4O3S. The molecule has 2 aromatic heterocycles. The molecular weight excluding hydrogens is 299 g/mol. The molecule has 3 N–H and O–H groups in total. The average molecular weight is 309 g/mol. The fourth-order valence-corrected chi connectivity index (χ4v) is 2.26. The first-order chi connectivity index (χ1) is 8.40. The second kappa shape index (κ2) is 5.41. The molecule has 0 amide bonds. The molecule has 0 unspecified atom stereocenters. The smallest absolute Gasteiger partial charge is 0.283 e. The highest BCUT2D eigenvalue weighted by molar-refractivity contribution is 7.92. The zero-order chi connectivity index (χ0) is 13.3. The third kappa shape index (κ3) is 3.12. The molecule has 7 nitrogen and oxygen atoms in total. The molecule has 19 heavy (non-hydrogen) atoms. The SMILES string of the molecule is Cc1nc(S(=O)(=O)Nc2ccon2)c(F)cc1N.Cl. The van der Waals surface area contributed by atoms with E-state index >= 15 is 0 Å². The molecule has 0 aliphatic heterocycles. The van der Waals surface area contributed by atoms with Crippen molar-refractivity contribution in [1.29, 1.82) is 0 Å². The number of pyridine rings is 1. The van der Waals surface area contributed by atoms with Crippen LogP contribution in [-0.4, -0.2) is 18.6 Å². The van der Waals surface area contributed by atoms with Crippen LogP contribution in [0, 0.1) is 12.7 Å². The van der Waals surface area contributed by atoms with Crippen LogP contribution >= 0.6 is 12.4 Å². The van der Waals surface area contributed by atoms with Gasteiger partial charge in [-0.05, 0) is 6.92 Å². The Morgan fingerprint density at radius 2 is 2.16 bits per heavy atom. The summed E-state index contributed by atoms with van der Waals surface area (Å²) in [6.45, 7) is 1.48. The van der Waals surface area contributed by atoms with Gasteiger partial charge in [-0.1, -0.05) is 5.16 Å². The van der Waals surface area contributed by atoms with Crippen molar-refractivity contribution in [2.45, 2.75) is 11.9 Å². The van der Waals surface area contributed by atoms with Crippen molar-refractivity contribution in [3.8, 4) is 0 Å². The summed E-state index contributed by atoms with van der Waals surface area (Å²) in [6, 6.07) is 2.18. The van der Waals surface area contributed by atoms with Gasteiger partial charge in [-0.2, -0.15) is 8.42 Å². The second-order valence-corrected chi connectivity index (χ2v) is 5.04. The van der Waals surface area contributed by atoms with Gasteiger partial charge in [0.05, 0.1) is 11.4 Å². The fourth-order valence-electron chi connectivity index (χ4n) is 1.21. The number of rotatable bonds is 3. The molecule has 2 aromatic rings. The van der Waals surface area contributed by atoms with Crippen molar-refractivity contribution in [2.75, 3.05) is 10.5 Å². The van der Waals surface area contributed by atoms with Crippen LogP contribution in [0.3, 0.4) is 0 Å². The van der Waals surface area contributed by atoms with Crippen molar-refractivity contribution >= 4 is 33.9 Å². The summed E-state index contributed by atoms with van der Waals surface area (Å²) >= 11 is 0. The van der Waals surface area contributed by atoms with E-state index in [0.29, 0.717) is 0 Å². The number of aryl methyl sites for hydroxylation is 1. The normalized spacial score (nSPS) is 10.8. The lowest BCUT2D eigenvalue weighted by Gasteiger charge is -2.07. The van der Waals surface area contributed by atoms with Crippen LogP contribution in [0.1, 0.15) is 5.69 Å². The molecule has 0 aromatic carbocycles. The van der Waals surface area contributed by atoms with Crippen molar-refractivity contribution < 1.29 is 17.3 Å². The van der Waals surface area contributed by atoms with Gasteiger partial charge in [0.2, 0.25) is 5.03 Å². The summed E-state index contributed by atoms with van der Waals surface area (Å²) in [5.74, 6) is -1.10. The summed E-state index contributed by atoms with van der Waals surface area (Å²) in [7, 11) is -4.17. The van der Waals surface area contributed by atoms with Crippen LogP contribution in [0.15, 0.2) is 27.9 Å². The average Bonchev–Trinajstić information content (AvgIpc) is 2.75. The van der Waals surface area contributed by atoms with Crippen LogP contribution in [-0.2, 0) is 10.0 Å². The molecule has 0 saturated carbocycles. The van der Waals surface area contributed by atoms with Gasteiger partial charge in [-0.3, -0.25) is 4.72 Å². The molecule has 2 heterocycles. The lowest BCUT2D eigenvalue weighted by Crippen LogP contribution is -2.17. The van der Waals surface area contributed by atoms with Gasteiger partial charge in [0.25, 0.3) is 10.0 Å². The van der Waals surface area contributed by atoms with Gasteiger partial charge in [-0.25, -0.2) is 9.37 Å². The zero-order valence-corrected chi connectivity index (χ0v) is 11.3. The second-order valence-electron chi connectivity index (χ2n) is 3.44. The van der Waals surface area contributed by atoms with E-state index in [0.717, 1.165) is 6.07 Å². The van der Waals surface area contributed by atoms with E-state index in [1.165, 1.54) is 19.3 Å². The first kappa shape index (κ1) is 15.2. The highest BCUT2D eigenvalue weighted by atomic mass is 35.5. The van der Waals surface area contributed by atoms with E-state index in [4.69, 9.17) is 5.73 Å².